The smallest absolute Gasteiger partial charge is 0.319 e. The van der Waals surface area contributed by atoms with Crippen molar-refractivity contribution in [1.29, 1.82) is 0 Å². The molecule has 0 bridgehead atoms. The van der Waals surface area contributed by atoms with Gasteiger partial charge in [-0.2, -0.15) is 0 Å². The lowest BCUT2D eigenvalue weighted by molar-refractivity contribution is 0.244. The average Bonchev–Trinajstić information content (AvgIpc) is 2.47. The third kappa shape index (κ3) is 5.15. The van der Waals surface area contributed by atoms with Crippen LogP contribution in [-0.4, -0.2) is 6.03 Å². The van der Waals surface area contributed by atoms with Crippen molar-refractivity contribution >= 4 is 12.1 Å². The van der Waals surface area contributed by atoms with E-state index in [2.05, 4.69) is 16.7 Å². The van der Waals surface area contributed by atoms with Crippen molar-refractivity contribution in [3.05, 3.63) is 77.0 Å². The minimum Gasteiger partial charge on any atom is -0.334 e. The molecule has 3 heteroatoms. The Bertz CT molecular complexity index is 630. The van der Waals surface area contributed by atoms with Crippen LogP contribution in [0.5, 0.6) is 0 Å². The Kier molecular flexibility index (Phi) is 5.16. The van der Waals surface area contributed by atoms with Gasteiger partial charge < -0.3 is 10.6 Å². The quantitative estimate of drug-likeness (QED) is 0.879. The molecule has 2 N–H and O–H groups in total. The van der Waals surface area contributed by atoms with Gasteiger partial charge in [-0.3, -0.25) is 0 Å². The van der Waals surface area contributed by atoms with Gasteiger partial charge in [0.05, 0.1) is 0 Å². The Hall–Kier alpha value is -2.55. The topological polar surface area (TPSA) is 41.1 Å². The van der Waals surface area contributed by atoms with Crippen LogP contribution < -0.4 is 10.6 Å². The highest BCUT2D eigenvalue weighted by Crippen LogP contribution is 2.04. The van der Waals surface area contributed by atoms with Crippen LogP contribution in [0.1, 0.15) is 22.3 Å². The summed E-state index contributed by atoms with van der Waals surface area (Å²) in [5.41, 5.74) is 4.55. The van der Waals surface area contributed by atoms with Gasteiger partial charge in [-0.1, -0.05) is 59.7 Å². The highest BCUT2D eigenvalue weighted by Gasteiger charge is 1.98. The van der Waals surface area contributed by atoms with Crippen LogP contribution in [0.25, 0.3) is 6.08 Å². The maximum atomic E-state index is 11.7. The van der Waals surface area contributed by atoms with Crippen LogP contribution in [0.3, 0.4) is 0 Å². The normalized spacial score (nSPS) is 10.6. The molecule has 2 aromatic rings. The van der Waals surface area contributed by atoms with Gasteiger partial charge in [0.15, 0.2) is 0 Å². The molecular formula is C18H20N2O. The maximum Gasteiger partial charge on any atom is 0.319 e. The van der Waals surface area contributed by atoms with Gasteiger partial charge in [0.25, 0.3) is 0 Å². The number of urea groups is 1. The zero-order valence-electron chi connectivity index (χ0n) is 12.4. The number of carbonyl (C=O) groups is 1. The summed E-state index contributed by atoms with van der Waals surface area (Å²) in [5.74, 6) is 0. The van der Waals surface area contributed by atoms with E-state index in [1.54, 1.807) is 6.20 Å². The Morgan fingerprint density at radius 2 is 1.81 bits per heavy atom. The molecule has 0 heterocycles. The van der Waals surface area contributed by atoms with Crippen molar-refractivity contribution in [2.45, 2.75) is 20.4 Å². The fourth-order valence-corrected chi connectivity index (χ4v) is 1.95. The second kappa shape index (κ2) is 7.29. The third-order valence-corrected chi connectivity index (χ3v) is 3.10. The monoisotopic (exact) mass is 280 g/mol. The SMILES string of the molecule is Cc1ccc(/C=C/NC(=O)NCc2cccc(C)c2)cc1. The maximum absolute atomic E-state index is 11.7. The second-order valence-electron chi connectivity index (χ2n) is 5.06. The first-order chi connectivity index (χ1) is 10.1. The van der Waals surface area contributed by atoms with Crippen molar-refractivity contribution in [1.82, 2.24) is 10.6 Å². The lowest BCUT2D eigenvalue weighted by atomic mass is 10.1. The summed E-state index contributed by atoms with van der Waals surface area (Å²) in [5, 5.41) is 5.52. The molecule has 0 atom stereocenters. The largest absolute Gasteiger partial charge is 0.334 e. The Balaban J connectivity index is 1.78. The Morgan fingerprint density at radius 3 is 2.52 bits per heavy atom. The van der Waals surface area contributed by atoms with Crippen molar-refractivity contribution in [2.24, 2.45) is 0 Å². The predicted molar refractivity (Wildman–Crippen MR) is 86.8 cm³/mol. The molecule has 0 saturated carbocycles. The molecule has 0 saturated heterocycles. The summed E-state index contributed by atoms with van der Waals surface area (Å²) in [6, 6.07) is 16.0. The van der Waals surface area contributed by atoms with E-state index in [1.165, 1.54) is 11.1 Å². The van der Waals surface area contributed by atoms with Crippen LogP contribution in [0.15, 0.2) is 54.7 Å². The van der Waals surface area contributed by atoms with Gasteiger partial charge in [-0.05, 0) is 31.1 Å². The van der Waals surface area contributed by atoms with Gasteiger partial charge in [-0.25, -0.2) is 4.79 Å². The summed E-state index contributed by atoms with van der Waals surface area (Å²) >= 11 is 0. The first-order valence-electron chi connectivity index (χ1n) is 6.96. The molecule has 3 nitrogen and oxygen atoms in total. The van der Waals surface area contributed by atoms with E-state index in [4.69, 9.17) is 0 Å². The fourth-order valence-electron chi connectivity index (χ4n) is 1.95. The molecule has 21 heavy (non-hydrogen) atoms. The molecular weight excluding hydrogens is 260 g/mol. The Labute approximate surface area is 125 Å². The number of nitrogens with one attached hydrogen (secondary N) is 2. The second-order valence-corrected chi connectivity index (χ2v) is 5.06. The zero-order valence-corrected chi connectivity index (χ0v) is 12.4. The summed E-state index contributed by atoms with van der Waals surface area (Å²) in [4.78, 5) is 11.7. The van der Waals surface area contributed by atoms with Crippen LogP contribution >= 0.6 is 0 Å². The molecule has 0 spiro atoms. The molecule has 0 aliphatic heterocycles. The highest BCUT2D eigenvalue weighted by molar-refractivity contribution is 5.75. The number of benzene rings is 2. The van der Waals surface area contributed by atoms with Crippen molar-refractivity contribution in [2.75, 3.05) is 0 Å². The van der Waals surface area contributed by atoms with E-state index in [0.29, 0.717) is 6.54 Å². The minimum atomic E-state index is -0.208. The molecule has 2 aromatic carbocycles. The summed E-state index contributed by atoms with van der Waals surface area (Å²) in [6.07, 6.45) is 3.52. The summed E-state index contributed by atoms with van der Waals surface area (Å²) in [6.45, 7) is 4.60. The van der Waals surface area contributed by atoms with Gasteiger partial charge >= 0.3 is 6.03 Å². The molecule has 0 aliphatic rings. The lowest BCUT2D eigenvalue weighted by Gasteiger charge is -2.05. The van der Waals surface area contributed by atoms with Crippen molar-refractivity contribution in [3.63, 3.8) is 0 Å². The number of amides is 2. The summed E-state index contributed by atoms with van der Waals surface area (Å²) < 4.78 is 0. The molecule has 108 valence electrons. The number of hydrogen-bond donors (Lipinski definition) is 2. The molecule has 0 aromatic heterocycles. The van der Waals surface area contributed by atoms with Gasteiger partial charge in [0.2, 0.25) is 0 Å². The number of aryl methyl sites for hydroxylation is 2. The van der Waals surface area contributed by atoms with E-state index in [1.807, 2.05) is 62.4 Å². The third-order valence-electron chi connectivity index (χ3n) is 3.10. The summed E-state index contributed by atoms with van der Waals surface area (Å²) in [7, 11) is 0. The minimum absolute atomic E-state index is 0.208. The van der Waals surface area contributed by atoms with E-state index in [-0.39, 0.29) is 6.03 Å². The van der Waals surface area contributed by atoms with E-state index >= 15 is 0 Å². The van der Waals surface area contributed by atoms with E-state index in [0.717, 1.165) is 11.1 Å². The van der Waals surface area contributed by atoms with Crippen molar-refractivity contribution in [3.8, 4) is 0 Å². The van der Waals surface area contributed by atoms with Crippen LogP contribution in [-0.2, 0) is 6.54 Å². The molecule has 2 rings (SSSR count). The lowest BCUT2D eigenvalue weighted by Crippen LogP contribution is -2.31. The number of carbonyl (C=O) groups excluding carboxylic acids is 1. The van der Waals surface area contributed by atoms with Crippen LogP contribution in [0, 0.1) is 13.8 Å². The first-order valence-corrected chi connectivity index (χ1v) is 6.96. The van der Waals surface area contributed by atoms with Gasteiger partial charge in [0.1, 0.15) is 0 Å². The van der Waals surface area contributed by atoms with Gasteiger partial charge in [-0.15, -0.1) is 0 Å². The van der Waals surface area contributed by atoms with Crippen LogP contribution in [0.2, 0.25) is 0 Å². The van der Waals surface area contributed by atoms with E-state index in [9.17, 15) is 4.79 Å². The molecule has 0 aliphatic carbocycles. The zero-order chi connectivity index (χ0) is 15.1. The first kappa shape index (κ1) is 14.9. The Morgan fingerprint density at radius 1 is 1.05 bits per heavy atom. The van der Waals surface area contributed by atoms with Crippen LogP contribution in [0.4, 0.5) is 4.79 Å². The van der Waals surface area contributed by atoms with Crippen molar-refractivity contribution < 1.29 is 4.79 Å². The predicted octanol–water partition coefficient (Wildman–Crippen LogP) is 3.77. The standard InChI is InChI=1S/C18H20N2O/c1-14-6-8-16(9-7-14)10-11-19-18(21)20-13-17-5-3-4-15(2)12-17/h3-12H,13H2,1-2H3,(H2,19,20,21)/b11-10+. The molecule has 0 fully saturated rings. The molecule has 0 radical (unpaired) electrons. The van der Waals surface area contributed by atoms with Gasteiger partial charge in [0, 0.05) is 12.7 Å². The highest BCUT2D eigenvalue weighted by atomic mass is 16.2. The fraction of sp³-hybridized carbons (Fsp3) is 0.167. The number of hydrogen-bond acceptors (Lipinski definition) is 1. The molecule has 2 amide bonds. The molecule has 0 unspecified atom stereocenters. The number of rotatable bonds is 4. The van der Waals surface area contributed by atoms with E-state index < -0.39 is 0 Å². The average molecular weight is 280 g/mol.